The van der Waals surface area contributed by atoms with Gasteiger partial charge in [-0.15, -0.1) is 5.10 Å². The molecular formula is C27H42BN3O5. The molecule has 0 fully saturated rings. The molecule has 0 atom stereocenters. The molecule has 0 aliphatic rings. The van der Waals surface area contributed by atoms with E-state index >= 15 is 0 Å². The van der Waals surface area contributed by atoms with E-state index in [4.69, 9.17) is 26.8 Å². The van der Waals surface area contributed by atoms with E-state index < -0.39 is 5.97 Å². The van der Waals surface area contributed by atoms with Gasteiger partial charge < -0.3 is 18.9 Å². The van der Waals surface area contributed by atoms with Crippen LogP contribution >= 0.6 is 0 Å². The summed E-state index contributed by atoms with van der Waals surface area (Å²) in [5.74, 6) is 0.363. The minimum Gasteiger partial charge on any atom is -0.483 e. The van der Waals surface area contributed by atoms with Gasteiger partial charge in [0, 0.05) is 13.5 Å². The summed E-state index contributed by atoms with van der Waals surface area (Å²) in [5, 5.41) is 8.41. The van der Waals surface area contributed by atoms with Crippen molar-refractivity contribution in [1.82, 2.24) is 15.0 Å². The van der Waals surface area contributed by atoms with Crippen molar-refractivity contribution in [2.45, 2.75) is 98.9 Å². The van der Waals surface area contributed by atoms with Crippen LogP contribution in [0, 0.1) is 5.41 Å². The monoisotopic (exact) mass is 499 g/mol. The second kappa shape index (κ2) is 12.7. The number of carbonyl (C=O) groups is 1. The van der Waals surface area contributed by atoms with E-state index in [0.29, 0.717) is 43.3 Å². The Balaban J connectivity index is 1.83. The molecule has 9 heteroatoms. The van der Waals surface area contributed by atoms with Crippen LogP contribution in [0.2, 0.25) is 0 Å². The van der Waals surface area contributed by atoms with Crippen LogP contribution in [0.4, 0.5) is 0 Å². The van der Waals surface area contributed by atoms with Gasteiger partial charge in [0.1, 0.15) is 12.3 Å². The van der Waals surface area contributed by atoms with Crippen molar-refractivity contribution in [2.24, 2.45) is 5.41 Å². The van der Waals surface area contributed by atoms with Gasteiger partial charge in [-0.25, -0.2) is 0 Å². The van der Waals surface area contributed by atoms with Gasteiger partial charge in [-0.3, -0.25) is 9.48 Å². The number of ether oxygens (including phenoxy) is 4. The minimum absolute atomic E-state index is 0.137. The van der Waals surface area contributed by atoms with Gasteiger partial charge >= 0.3 is 5.97 Å². The molecule has 2 rings (SSSR count). The Hall–Kier alpha value is -2.39. The molecule has 0 saturated carbocycles. The van der Waals surface area contributed by atoms with Gasteiger partial charge in [-0.1, -0.05) is 43.9 Å². The first-order valence-electron chi connectivity index (χ1n) is 12.5. The van der Waals surface area contributed by atoms with Crippen LogP contribution in [-0.2, 0) is 33.7 Å². The number of aryl methyl sites for hydroxylation is 1. The summed E-state index contributed by atoms with van der Waals surface area (Å²) in [6, 6.07) is 5.23. The van der Waals surface area contributed by atoms with Gasteiger partial charge in [0.25, 0.3) is 0 Å². The number of hydrogen-bond acceptors (Lipinski definition) is 7. The van der Waals surface area contributed by atoms with Crippen LogP contribution < -0.4 is 9.47 Å². The Morgan fingerprint density at radius 1 is 1.00 bits per heavy atom. The molecule has 36 heavy (non-hydrogen) atoms. The van der Waals surface area contributed by atoms with Crippen molar-refractivity contribution in [3.05, 3.63) is 35.7 Å². The molecule has 1 aromatic carbocycles. The summed E-state index contributed by atoms with van der Waals surface area (Å²) in [6.45, 7) is 18.4. The quantitative estimate of drug-likeness (QED) is 0.208. The van der Waals surface area contributed by atoms with Crippen LogP contribution in [-0.4, -0.2) is 53.2 Å². The lowest BCUT2D eigenvalue weighted by atomic mass is 9.97. The zero-order valence-electron chi connectivity index (χ0n) is 23.2. The molecular weight excluding hydrogens is 457 g/mol. The fraction of sp³-hybridized carbons (Fsp3) is 0.667. The smallest absolute Gasteiger partial charge is 0.308 e. The third-order valence-electron chi connectivity index (χ3n) is 5.49. The van der Waals surface area contributed by atoms with Crippen molar-refractivity contribution in [3.63, 3.8) is 0 Å². The lowest BCUT2D eigenvalue weighted by Gasteiger charge is -2.32. The lowest BCUT2D eigenvalue weighted by molar-refractivity contribution is -0.132. The van der Waals surface area contributed by atoms with E-state index in [1.54, 1.807) is 22.9 Å². The number of carbonyl (C=O) groups excluding carboxylic acids is 1. The topological polar surface area (TPSA) is 84.7 Å². The summed E-state index contributed by atoms with van der Waals surface area (Å²) in [4.78, 5) is 11.4. The zero-order chi connectivity index (χ0) is 27.0. The molecule has 2 radical (unpaired) electrons. The second-order valence-corrected chi connectivity index (χ2v) is 11.6. The third-order valence-corrected chi connectivity index (χ3v) is 5.49. The first kappa shape index (κ1) is 29.8. The molecule has 0 aliphatic carbocycles. The molecule has 0 aliphatic heterocycles. The molecule has 0 N–H and O–H groups in total. The van der Waals surface area contributed by atoms with Crippen molar-refractivity contribution in [3.8, 4) is 11.5 Å². The van der Waals surface area contributed by atoms with E-state index in [1.807, 2.05) is 6.20 Å². The fourth-order valence-electron chi connectivity index (χ4n) is 3.21. The molecule has 0 amide bonds. The van der Waals surface area contributed by atoms with Crippen LogP contribution in [0.25, 0.3) is 0 Å². The maximum atomic E-state index is 11.4. The molecule has 8 nitrogen and oxygen atoms in total. The van der Waals surface area contributed by atoms with Crippen molar-refractivity contribution < 1.29 is 23.7 Å². The molecule has 198 valence electrons. The highest BCUT2D eigenvalue weighted by molar-refractivity contribution is 6.08. The standard InChI is InChI=1S/C27H42BN3O5/c1-20(32)36-23-10-9-21(16-28)15-24(23)33-18-22-17-31(30-29-22)13-11-26(5,6)34-14-12-27(7,8)35-19-25(2,3)4/h9-10,15,17H,11-14,16,18-19H2,1-8H3. The molecule has 1 heterocycles. The van der Waals surface area contributed by atoms with Crippen LogP contribution in [0.5, 0.6) is 11.5 Å². The number of esters is 1. The van der Waals surface area contributed by atoms with E-state index in [-0.39, 0.29) is 23.2 Å². The molecule has 0 unspecified atom stereocenters. The molecule has 1 aromatic heterocycles. The first-order valence-corrected chi connectivity index (χ1v) is 12.5. The predicted octanol–water partition coefficient (Wildman–Crippen LogP) is 4.87. The van der Waals surface area contributed by atoms with Gasteiger partial charge in [-0.05, 0) is 58.1 Å². The van der Waals surface area contributed by atoms with Gasteiger partial charge in [0.05, 0.1) is 38.5 Å². The van der Waals surface area contributed by atoms with Crippen molar-refractivity contribution in [1.29, 1.82) is 0 Å². The van der Waals surface area contributed by atoms with Crippen LogP contribution in [0.15, 0.2) is 24.4 Å². The third kappa shape index (κ3) is 11.1. The average Bonchev–Trinajstić information content (AvgIpc) is 3.23. The summed E-state index contributed by atoms with van der Waals surface area (Å²) < 4.78 is 25.1. The Morgan fingerprint density at radius 3 is 2.33 bits per heavy atom. The summed E-state index contributed by atoms with van der Waals surface area (Å²) in [7, 11) is 5.72. The largest absolute Gasteiger partial charge is 0.483 e. The van der Waals surface area contributed by atoms with Gasteiger partial charge in [0.15, 0.2) is 11.5 Å². The Bertz CT molecular complexity index is 982. The van der Waals surface area contributed by atoms with E-state index in [1.165, 1.54) is 6.92 Å². The lowest BCUT2D eigenvalue weighted by Crippen LogP contribution is -2.33. The molecule has 0 spiro atoms. The summed E-state index contributed by atoms with van der Waals surface area (Å²) >= 11 is 0. The number of aromatic nitrogens is 3. The number of benzene rings is 1. The molecule has 2 aromatic rings. The van der Waals surface area contributed by atoms with E-state index in [9.17, 15) is 4.79 Å². The molecule has 0 bridgehead atoms. The van der Waals surface area contributed by atoms with Crippen LogP contribution in [0.3, 0.4) is 0 Å². The maximum absolute atomic E-state index is 11.4. The summed E-state index contributed by atoms with van der Waals surface area (Å²) in [5.41, 5.74) is 1.13. The van der Waals surface area contributed by atoms with Gasteiger partial charge in [0.2, 0.25) is 0 Å². The number of hydrogen-bond donors (Lipinski definition) is 0. The van der Waals surface area contributed by atoms with E-state index in [0.717, 1.165) is 18.4 Å². The number of nitrogens with zero attached hydrogens (tertiary/aromatic N) is 3. The summed E-state index contributed by atoms with van der Waals surface area (Å²) in [6.07, 6.45) is 3.79. The van der Waals surface area contributed by atoms with Gasteiger partial charge in [-0.2, -0.15) is 0 Å². The second-order valence-electron chi connectivity index (χ2n) is 11.6. The normalized spacial score (nSPS) is 12.6. The van der Waals surface area contributed by atoms with E-state index in [2.05, 4.69) is 58.8 Å². The molecule has 0 saturated heterocycles. The fourth-order valence-corrected chi connectivity index (χ4v) is 3.21. The highest BCUT2D eigenvalue weighted by Crippen LogP contribution is 2.29. The SMILES string of the molecule is [B]Cc1ccc(OC(C)=O)c(OCc2cn(CCC(C)(C)OCCC(C)(C)OCC(C)(C)C)nn2)c1. The Morgan fingerprint density at radius 2 is 1.69 bits per heavy atom. The zero-order valence-corrected chi connectivity index (χ0v) is 23.2. The maximum Gasteiger partial charge on any atom is 0.308 e. The minimum atomic E-state index is -0.419. The predicted molar refractivity (Wildman–Crippen MR) is 140 cm³/mol. The van der Waals surface area contributed by atoms with Crippen molar-refractivity contribution in [2.75, 3.05) is 13.2 Å². The first-order chi connectivity index (χ1) is 16.7. The number of rotatable bonds is 14. The van der Waals surface area contributed by atoms with Crippen molar-refractivity contribution >= 4 is 13.8 Å². The Labute approximate surface area is 217 Å². The average molecular weight is 499 g/mol. The highest BCUT2D eigenvalue weighted by Gasteiger charge is 2.25. The van der Waals surface area contributed by atoms with Crippen LogP contribution in [0.1, 0.15) is 79.5 Å². The highest BCUT2D eigenvalue weighted by atomic mass is 16.6. The Kier molecular flexibility index (Phi) is 10.5.